The first-order chi connectivity index (χ1) is 10.8. The second-order valence-corrected chi connectivity index (χ2v) is 4.74. The molecule has 0 fully saturated rings. The van der Waals surface area contributed by atoms with Crippen LogP contribution in [0.5, 0.6) is 5.88 Å². The molecule has 5 nitrogen and oxygen atoms in total. The first-order valence-corrected chi connectivity index (χ1v) is 6.72. The third kappa shape index (κ3) is 5.24. The van der Waals surface area contributed by atoms with Crippen LogP contribution >= 0.6 is 0 Å². The van der Waals surface area contributed by atoms with Gasteiger partial charge in [0.1, 0.15) is 0 Å². The molecule has 0 radical (unpaired) electrons. The molecule has 1 aromatic heterocycles. The Bertz CT molecular complexity index is 645. The number of nitrogens with one attached hydrogen (secondary N) is 1. The van der Waals surface area contributed by atoms with Crippen LogP contribution < -0.4 is 10.1 Å². The maximum Gasteiger partial charge on any atom is 0.422 e. The second-order valence-electron chi connectivity index (χ2n) is 4.74. The Labute approximate surface area is 130 Å². The van der Waals surface area contributed by atoms with Gasteiger partial charge in [-0.2, -0.15) is 13.2 Å². The smallest absolute Gasteiger partial charge is 0.422 e. The van der Waals surface area contributed by atoms with E-state index in [1.165, 1.54) is 6.20 Å². The van der Waals surface area contributed by atoms with E-state index in [2.05, 4.69) is 20.0 Å². The number of carbonyl (C=O) groups is 1. The van der Waals surface area contributed by atoms with Crippen molar-refractivity contribution in [3.05, 3.63) is 54.0 Å². The number of halogens is 3. The van der Waals surface area contributed by atoms with Gasteiger partial charge >= 0.3 is 6.18 Å². The summed E-state index contributed by atoms with van der Waals surface area (Å²) in [6.45, 7) is 0.266. The molecule has 1 heterocycles. The zero-order valence-corrected chi connectivity index (χ0v) is 12.2. The second kappa shape index (κ2) is 7.08. The van der Waals surface area contributed by atoms with Crippen LogP contribution in [0.2, 0.25) is 0 Å². The number of benzene rings is 1. The monoisotopic (exact) mass is 325 g/mol. The summed E-state index contributed by atoms with van der Waals surface area (Å²) < 4.78 is 40.6. The van der Waals surface area contributed by atoms with Crippen molar-refractivity contribution in [3.63, 3.8) is 0 Å². The van der Waals surface area contributed by atoms with Crippen molar-refractivity contribution in [3.8, 4) is 5.88 Å². The number of rotatable bonds is 5. The van der Waals surface area contributed by atoms with Crippen molar-refractivity contribution in [1.29, 1.82) is 0 Å². The van der Waals surface area contributed by atoms with Gasteiger partial charge < -0.3 is 10.1 Å². The Balaban J connectivity index is 1.95. The molecule has 0 aliphatic rings. The molecule has 122 valence electrons. The quantitative estimate of drug-likeness (QED) is 0.918. The minimum Gasteiger partial charge on any atom is -0.467 e. The van der Waals surface area contributed by atoms with Gasteiger partial charge in [0.2, 0.25) is 5.88 Å². The van der Waals surface area contributed by atoms with Crippen LogP contribution in [0.1, 0.15) is 29.0 Å². The summed E-state index contributed by atoms with van der Waals surface area (Å²) in [4.78, 5) is 19.7. The molecule has 0 bridgehead atoms. The molecule has 0 spiro atoms. The lowest BCUT2D eigenvalue weighted by atomic mass is 10.2. The molecule has 2 rings (SSSR count). The maximum atomic E-state index is 12.0. The molecule has 1 aromatic carbocycles. The number of amides is 1. The van der Waals surface area contributed by atoms with Gasteiger partial charge in [0, 0.05) is 5.56 Å². The van der Waals surface area contributed by atoms with E-state index in [1.54, 1.807) is 37.3 Å². The van der Waals surface area contributed by atoms with Gasteiger partial charge in [-0.05, 0) is 19.1 Å². The van der Waals surface area contributed by atoms with Crippen LogP contribution in [0.4, 0.5) is 13.2 Å². The van der Waals surface area contributed by atoms with Gasteiger partial charge in [-0.15, -0.1) is 0 Å². The zero-order chi connectivity index (χ0) is 16.9. The Morgan fingerprint density at radius 1 is 1.22 bits per heavy atom. The highest BCUT2D eigenvalue weighted by molar-refractivity contribution is 5.94. The van der Waals surface area contributed by atoms with Crippen LogP contribution in [0.15, 0.2) is 42.7 Å². The number of carbonyl (C=O) groups excluding carboxylic acids is 1. The third-order valence-corrected chi connectivity index (χ3v) is 2.86. The molecule has 2 aromatic rings. The molecular formula is C15H14F3N3O2. The summed E-state index contributed by atoms with van der Waals surface area (Å²) in [5.74, 6) is -0.509. The van der Waals surface area contributed by atoms with Gasteiger partial charge in [-0.3, -0.25) is 9.78 Å². The van der Waals surface area contributed by atoms with Crippen molar-refractivity contribution in [1.82, 2.24) is 15.3 Å². The normalized spacial score (nSPS) is 12.5. The number of alkyl halides is 3. The fraction of sp³-hybridized carbons (Fsp3) is 0.267. The number of ether oxygens (including phenoxy) is 1. The van der Waals surface area contributed by atoms with Crippen molar-refractivity contribution in [2.45, 2.75) is 19.1 Å². The summed E-state index contributed by atoms with van der Waals surface area (Å²) in [5.41, 5.74) is 0.908. The van der Waals surface area contributed by atoms with E-state index in [0.29, 0.717) is 11.3 Å². The highest BCUT2D eigenvalue weighted by Crippen LogP contribution is 2.17. The van der Waals surface area contributed by atoms with Crippen molar-refractivity contribution < 1.29 is 22.7 Å². The van der Waals surface area contributed by atoms with Crippen LogP contribution in [-0.4, -0.2) is 28.7 Å². The largest absolute Gasteiger partial charge is 0.467 e. The van der Waals surface area contributed by atoms with E-state index in [0.717, 1.165) is 6.20 Å². The van der Waals surface area contributed by atoms with Gasteiger partial charge in [-0.25, -0.2) is 4.98 Å². The Hall–Kier alpha value is -2.64. The van der Waals surface area contributed by atoms with Crippen LogP contribution in [0.3, 0.4) is 0 Å². The average Bonchev–Trinajstić information content (AvgIpc) is 2.53. The van der Waals surface area contributed by atoms with Crippen LogP contribution in [-0.2, 0) is 0 Å². The molecule has 1 amide bonds. The maximum absolute atomic E-state index is 12.0. The van der Waals surface area contributed by atoms with E-state index in [9.17, 15) is 18.0 Å². The fourth-order valence-electron chi connectivity index (χ4n) is 1.72. The van der Waals surface area contributed by atoms with Crippen molar-refractivity contribution >= 4 is 5.91 Å². The first-order valence-electron chi connectivity index (χ1n) is 6.72. The molecule has 0 aliphatic carbocycles. The zero-order valence-electron chi connectivity index (χ0n) is 12.2. The Morgan fingerprint density at radius 2 is 1.91 bits per heavy atom. The number of aromatic nitrogens is 2. The summed E-state index contributed by atoms with van der Waals surface area (Å²) in [6.07, 6.45) is -2.08. The summed E-state index contributed by atoms with van der Waals surface area (Å²) in [6, 6.07) is 8.17. The van der Waals surface area contributed by atoms with Crippen molar-refractivity contribution in [2.24, 2.45) is 0 Å². The lowest BCUT2D eigenvalue weighted by molar-refractivity contribution is -0.154. The lowest BCUT2D eigenvalue weighted by Crippen LogP contribution is -2.27. The topological polar surface area (TPSA) is 64.1 Å². The van der Waals surface area contributed by atoms with Gasteiger partial charge in [0.05, 0.1) is 24.1 Å². The molecule has 23 heavy (non-hydrogen) atoms. The predicted molar refractivity (Wildman–Crippen MR) is 75.9 cm³/mol. The molecule has 8 heteroatoms. The molecule has 0 saturated heterocycles. The summed E-state index contributed by atoms with van der Waals surface area (Å²) in [7, 11) is 0. The summed E-state index contributed by atoms with van der Waals surface area (Å²) >= 11 is 0. The lowest BCUT2D eigenvalue weighted by Gasteiger charge is -2.14. The third-order valence-electron chi connectivity index (χ3n) is 2.86. The van der Waals surface area contributed by atoms with E-state index in [1.807, 2.05) is 0 Å². The average molecular weight is 325 g/mol. The predicted octanol–water partition coefficient (Wildman–Crippen LogP) is 2.91. The molecule has 0 aliphatic heterocycles. The van der Waals surface area contributed by atoms with E-state index < -0.39 is 18.8 Å². The van der Waals surface area contributed by atoms with Gasteiger partial charge in [-0.1, -0.05) is 18.2 Å². The Morgan fingerprint density at radius 3 is 2.48 bits per heavy atom. The van der Waals surface area contributed by atoms with Crippen LogP contribution in [0.25, 0.3) is 0 Å². The molecule has 1 unspecified atom stereocenters. The summed E-state index contributed by atoms with van der Waals surface area (Å²) in [5, 5.41) is 2.73. The van der Waals surface area contributed by atoms with Gasteiger partial charge in [0.15, 0.2) is 6.61 Å². The van der Waals surface area contributed by atoms with Crippen molar-refractivity contribution in [2.75, 3.05) is 6.61 Å². The van der Waals surface area contributed by atoms with E-state index >= 15 is 0 Å². The fourth-order valence-corrected chi connectivity index (χ4v) is 1.72. The molecular weight excluding hydrogens is 311 g/mol. The molecule has 1 N–H and O–H groups in total. The minimum atomic E-state index is -4.43. The first kappa shape index (κ1) is 16.7. The molecule has 0 saturated carbocycles. The number of hydrogen-bond acceptors (Lipinski definition) is 4. The number of nitrogens with zero attached hydrogens (tertiary/aromatic N) is 2. The standard InChI is InChI=1S/C15H14F3N3O2/c1-10(21-14(22)11-5-3-2-4-6-11)12-7-20-13(8-19-12)23-9-15(16,17)18/h2-8,10H,9H2,1H3,(H,21,22). The van der Waals surface area contributed by atoms with E-state index in [-0.39, 0.29) is 11.8 Å². The Kier molecular flexibility index (Phi) is 5.15. The molecule has 1 atom stereocenters. The SMILES string of the molecule is CC(NC(=O)c1ccccc1)c1cnc(OCC(F)(F)F)cn1. The minimum absolute atomic E-state index is 0.229. The van der Waals surface area contributed by atoms with Gasteiger partial charge in [0.25, 0.3) is 5.91 Å². The highest BCUT2D eigenvalue weighted by Gasteiger charge is 2.28. The van der Waals surface area contributed by atoms with E-state index in [4.69, 9.17) is 0 Å². The highest BCUT2D eigenvalue weighted by atomic mass is 19.4. The number of hydrogen-bond donors (Lipinski definition) is 1. The van der Waals surface area contributed by atoms with Crippen LogP contribution in [0, 0.1) is 0 Å².